The van der Waals surface area contributed by atoms with Gasteiger partial charge >= 0.3 is 0 Å². The molecule has 2 saturated heterocycles. The Morgan fingerprint density at radius 3 is 2.70 bits per heavy atom. The van der Waals surface area contributed by atoms with E-state index in [4.69, 9.17) is 0 Å². The van der Waals surface area contributed by atoms with Crippen LogP contribution < -0.4 is 4.90 Å². The quantitative estimate of drug-likeness (QED) is 0.818. The molecular formula is C16H21N5OS. The predicted molar refractivity (Wildman–Crippen MR) is 90.5 cm³/mol. The lowest BCUT2D eigenvalue weighted by Crippen LogP contribution is -2.49. The van der Waals surface area contributed by atoms with E-state index < -0.39 is 0 Å². The van der Waals surface area contributed by atoms with E-state index >= 15 is 0 Å². The third-order valence-corrected chi connectivity index (χ3v) is 5.62. The van der Waals surface area contributed by atoms with Crippen molar-refractivity contribution in [2.75, 3.05) is 36.0 Å². The van der Waals surface area contributed by atoms with Crippen molar-refractivity contribution >= 4 is 23.5 Å². The van der Waals surface area contributed by atoms with Gasteiger partial charge in [0.2, 0.25) is 5.91 Å². The first-order chi connectivity index (χ1) is 11.1. The summed E-state index contributed by atoms with van der Waals surface area (Å²) in [5.74, 6) is 2.75. The highest BCUT2D eigenvalue weighted by Gasteiger charge is 2.36. The molecule has 0 radical (unpaired) electrons. The highest BCUT2D eigenvalue weighted by Crippen LogP contribution is 2.29. The first-order valence-electron chi connectivity index (χ1n) is 8.00. The monoisotopic (exact) mass is 331 g/mol. The van der Waals surface area contributed by atoms with E-state index in [2.05, 4.69) is 16.3 Å². The Kier molecular flexibility index (Phi) is 4.71. The zero-order chi connectivity index (χ0) is 16.4. The lowest BCUT2D eigenvalue weighted by molar-refractivity contribution is -0.132. The third-order valence-electron chi connectivity index (χ3n) is 4.68. The van der Waals surface area contributed by atoms with Gasteiger partial charge in [-0.2, -0.15) is 22.1 Å². The SMILES string of the molecule is Cc1nnc(N2CCCC2C(=O)N2CCSCC2)c(C#N)c1C. The van der Waals surface area contributed by atoms with Crippen LogP contribution in [0, 0.1) is 25.2 Å². The highest BCUT2D eigenvalue weighted by molar-refractivity contribution is 7.99. The van der Waals surface area contributed by atoms with Gasteiger partial charge in [-0.15, -0.1) is 5.10 Å². The molecule has 3 heterocycles. The number of nitrogens with zero attached hydrogens (tertiary/aromatic N) is 5. The topological polar surface area (TPSA) is 73.1 Å². The Bertz CT molecular complexity index is 651. The van der Waals surface area contributed by atoms with Gasteiger partial charge in [-0.05, 0) is 32.3 Å². The molecule has 2 aliphatic rings. The molecule has 0 saturated carbocycles. The molecule has 23 heavy (non-hydrogen) atoms. The average Bonchev–Trinajstić information content (AvgIpc) is 3.06. The second kappa shape index (κ2) is 6.75. The number of thioether (sulfide) groups is 1. The molecular weight excluding hydrogens is 310 g/mol. The van der Waals surface area contributed by atoms with E-state index in [-0.39, 0.29) is 11.9 Å². The molecule has 0 spiro atoms. The van der Waals surface area contributed by atoms with Crippen LogP contribution in [-0.2, 0) is 4.79 Å². The largest absolute Gasteiger partial charge is 0.342 e. The number of aromatic nitrogens is 2. The van der Waals surface area contributed by atoms with Gasteiger partial charge in [0.15, 0.2) is 5.82 Å². The summed E-state index contributed by atoms with van der Waals surface area (Å²) in [4.78, 5) is 16.8. The summed E-state index contributed by atoms with van der Waals surface area (Å²) in [7, 11) is 0. The van der Waals surface area contributed by atoms with E-state index in [9.17, 15) is 10.1 Å². The predicted octanol–water partition coefficient (Wildman–Crippen LogP) is 1.51. The molecule has 1 aromatic rings. The van der Waals surface area contributed by atoms with Crippen LogP contribution in [0.15, 0.2) is 0 Å². The summed E-state index contributed by atoms with van der Waals surface area (Å²) in [5, 5.41) is 17.9. The summed E-state index contributed by atoms with van der Waals surface area (Å²) >= 11 is 1.89. The number of carbonyl (C=O) groups is 1. The van der Waals surface area contributed by atoms with Gasteiger partial charge in [0.05, 0.1) is 5.69 Å². The van der Waals surface area contributed by atoms with Crippen LogP contribution in [0.1, 0.15) is 29.7 Å². The number of hydrogen-bond acceptors (Lipinski definition) is 6. The van der Waals surface area contributed by atoms with Gasteiger partial charge in [0, 0.05) is 31.1 Å². The van der Waals surface area contributed by atoms with E-state index in [0.29, 0.717) is 11.4 Å². The fourth-order valence-electron chi connectivity index (χ4n) is 3.20. The van der Waals surface area contributed by atoms with E-state index in [1.54, 1.807) is 0 Å². The lowest BCUT2D eigenvalue weighted by Gasteiger charge is -2.33. The first kappa shape index (κ1) is 16.1. The molecule has 3 rings (SSSR count). The van der Waals surface area contributed by atoms with Crippen LogP contribution in [0.4, 0.5) is 5.82 Å². The summed E-state index contributed by atoms with van der Waals surface area (Å²) in [5.41, 5.74) is 2.16. The third kappa shape index (κ3) is 3.00. The smallest absolute Gasteiger partial charge is 0.245 e. The van der Waals surface area contributed by atoms with Crippen molar-refractivity contribution in [3.8, 4) is 6.07 Å². The lowest BCUT2D eigenvalue weighted by atomic mass is 10.1. The van der Waals surface area contributed by atoms with Crippen molar-refractivity contribution in [2.45, 2.75) is 32.7 Å². The normalized spacial score (nSPS) is 21.3. The molecule has 6 nitrogen and oxygen atoms in total. The van der Waals surface area contributed by atoms with Crippen molar-refractivity contribution in [1.82, 2.24) is 15.1 Å². The van der Waals surface area contributed by atoms with Gasteiger partial charge < -0.3 is 9.80 Å². The Labute approximate surface area is 140 Å². The van der Waals surface area contributed by atoms with Crippen molar-refractivity contribution in [3.05, 3.63) is 16.8 Å². The number of rotatable bonds is 2. The maximum atomic E-state index is 12.9. The molecule has 0 N–H and O–H groups in total. The van der Waals surface area contributed by atoms with Crippen molar-refractivity contribution in [2.24, 2.45) is 0 Å². The van der Waals surface area contributed by atoms with Gasteiger partial charge in [-0.1, -0.05) is 0 Å². The number of aryl methyl sites for hydroxylation is 1. The maximum Gasteiger partial charge on any atom is 0.245 e. The molecule has 2 fully saturated rings. The first-order valence-corrected chi connectivity index (χ1v) is 9.16. The second-order valence-electron chi connectivity index (χ2n) is 6.01. The van der Waals surface area contributed by atoms with E-state index in [0.717, 1.165) is 55.2 Å². The standard InChI is InChI=1S/C16H21N5OS/c1-11-12(2)18-19-15(13(11)10-17)21-5-3-4-14(21)16(22)20-6-8-23-9-7-20/h14H,3-9H2,1-2H3. The zero-order valence-electron chi connectivity index (χ0n) is 13.6. The van der Waals surface area contributed by atoms with Gasteiger partial charge in [0.1, 0.15) is 17.7 Å². The van der Waals surface area contributed by atoms with Crippen LogP contribution in [0.2, 0.25) is 0 Å². The number of nitriles is 1. The number of anilines is 1. The molecule has 0 bridgehead atoms. The van der Waals surface area contributed by atoms with Gasteiger partial charge in [0.25, 0.3) is 0 Å². The zero-order valence-corrected chi connectivity index (χ0v) is 14.4. The van der Waals surface area contributed by atoms with Crippen molar-refractivity contribution in [1.29, 1.82) is 5.26 Å². The van der Waals surface area contributed by atoms with Crippen LogP contribution in [0.25, 0.3) is 0 Å². The Hall–Kier alpha value is -1.81. The number of amides is 1. The van der Waals surface area contributed by atoms with Gasteiger partial charge in [-0.25, -0.2) is 0 Å². The van der Waals surface area contributed by atoms with Crippen LogP contribution >= 0.6 is 11.8 Å². The van der Waals surface area contributed by atoms with Crippen LogP contribution in [0.5, 0.6) is 0 Å². The Balaban J connectivity index is 1.89. The van der Waals surface area contributed by atoms with Crippen molar-refractivity contribution < 1.29 is 4.79 Å². The highest BCUT2D eigenvalue weighted by atomic mass is 32.2. The minimum atomic E-state index is -0.207. The molecule has 122 valence electrons. The molecule has 1 unspecified atom stereocenters. The maximum absolute atomic E-state index is 12.9. The molecule has 1 amide bonds. The van der Waals surface area contributed by atoms with E-state index in [1.165, 1.54) is 0 Å². The summed E-state index contributed by atoms with van der Waals surface area (Å²) in [6, 6.07) is 2.04. The fourth-order valence-corrected chi connectivity index (χ4v) is 4.11. The molecule has 0 aromatic carbocycles. The minimum Gasteiger partial charge on any atom is -0.342 e. The Morgan fingerprint density at radius 1 is 1.26 bits per heavy atom. The fraction of sp³-hybridized carbons (Fsp3) is 0.625. The van der Waals surface area contributed by atoms with E-state index in [1.807, 2.05) is 35.4 Å². The van der Waals surface area contributed by atoms with Gasteiger partial charge in [-0.3, -0.25) is 4.79 Å². The Morgan fingerprint density at radius 2 is 2.00 bits per heavy atom. The minimum absolute atomic E-state index is 0.173. The summed E-state index contributed by atoms with van der Waals surface area (Å²) < 4.78 is 0. The summed E-state index contributed by atoms with van der Waals surface area (Å²) in [6.45, 7) is 6.13. The molecule has 7 heteroatoms. The molecule has 2 aliphatic heterocycles. The molecule has 1 atom stereocenters. The number of carbonyl (C=O) groups excluding carboxylic acids is 1. The average molecular weight is 331 g/mol. The second-order valence-corrected chi connectivity index (χ2v) is 7.23. The van der Waals surface area contributed by atoms with Crippen LogP contribution in [-0.4, -0.2) is 58.2 Å². The molecule has 0 aliphatic carbocycles. The van der Waals surface area contributed by atoms with Crippen molar-refractivity contribution in [3.63, 3.8) is 0 Å². The molecule has 1 aromatic heterocycles. The summed E-state index contributed by atoms with van der Waals surface area (Å²) in [6.07, 6.45) is 1.76. The number of hydrogen-bond donors (Lipinski definition) is 0. The van der Waals surface area contributed by atoms with Crippen LogP contribution in [0.3, 0.4) is 0 Å².